The van der Waals surface area contributed by atoms with Crippen molar-refractivity contribution in [3.63, 3.8) is 0 Å². The first-order chi connectivity index (χ1) is 30.0. The maximum Gasteiger partial charge on any atom is 0.137 e. The van der Waals surface area contributed by atoms with Crippen molar-refractivity contribution in [2.75, 3.05) is 4.90 Å². The van der Waals surface area contributed by atoms with E-state index in [0.29, 0.717) is 0 Å². The van der Waals surface area contributed by atoms with Crippen LogP contribution in [0.2, 0.25) is 0 Å². The van der Waals surface area contributed by atoms with Gasteiger partial charge in [-0.25, -0.2) is 0 Å². The molecule has 4 heteroatoms. The highest BCUT2D eigenvalue weighted by Crippen LogP contribution is 2.57. The van der Waals surface area contributed by atoms with Crippen LogP contribution >= 0.6 is 0 Å². The molecule has 61 heavy (non-hydrogen) atoms. The number of para-hydroxylation sites is 4. The predicted octanol–water partition coefficient (Wildman–Crippen LogP) is 16.0. The van der Waals surface area contributed by atoms with Gasteiger partial charge in [0.05, 0.1) is 27.8 Å². The van der Waals surface area contributed by atoms with Crippen molar-refractivity contribution in [3.8, 4) is 27.9 Å². The van der Waals surface area contributed by atoms with E-state index in [1.54, 1.807) is 0 Å². The lowest BCUT2D eigenvalue weighted by molar-refractivity contribution is 0.660. The number of hydrogen-bond acceptors (Lipinski definition) is 3. The summed E-state index contributed by atoms with van der Waals surface area (Å²) in [6, 6.07) is 70.1. The lowest BCUT2D eigenvalue weighted by atomic mass is 9.82. The summed E-state index contributed by atoms with van der Waals surface area (Å²) in [7, 11) is 0. The van der Waals surface area contributed by atoms with Crippen molar-refractivity contribution in [1.29, 1.82) is 0 Å². The Morgan fingerprint density at radius 3 is 1.97 bits per heavy atom. The third-order valence-electron chi connectivity index (χ3n) is 13.2. The van der Waals surface area contributed by atoms with Crippen LogP contribution in [0, 0.1) is 0 Å². The molecule has 0 saturated heterocycles. The summed E-state index contributed by atoms with van der Waals surface area (Å²) in [6.45, 7) is 4.71. The second-order valence-electron chi connectivity index (χ2n) is 16.8. The molecule has 1 aliphatic carbocycles. The van der Waals surface area contributed by atoms with Gasteiger partial charge in [0, 0.05) is 54.8 Å². The van der Waals surface area contributed by atoms with Crippen molar-refractivity contribution < 1.29 is 8.83 Å². The Morgan fingerprint density at radius 2 is 1.10 bits per heavy atom. The van der Waals surface area contributed by atoms with E-state index in [2.05, 4.69) is 211 Å². The first-order valence-corrected chi connectivity index (χ1v) is 21.0. The minimum atomic E-state index is -0.187. The van der Waals surface area contributed by atoms with E-state index in [0.717, 1.165) is 77.8 Å². The molecular weight excluding hydrogens is 745 g/mol. The number of rotatable bonds is 5. The molecule has 3 aromatic heterocycles. The first-order valence-electron chi connectivity index (χ1n) is 21.0. The quantitative estimate of drug-likeness (QED) is 0.174. The van der Waals surface area contributed by atoms with Gasteiger partial charge in [0.15, 0.2) is 0 Å². The maximum atomic E-state index is 6.74. The summed E-state index contributed by atoms with van der Waals surface area (Å²) >= 11 is 0. The van der Waals surface area contributed by atoms with E-state index in [9.17, 15) is 0 Å². The number of benzene rings is 9. The molecule has 0 unspecified atom stereocenters. The largest absolute Gasteiger partial charge is 0.456 e. The van der Waals surface area contributed by atoms with Crippen molar-refractivity contribution in [1.82, 2.24) is 4.57 Å². The molecule has 0 radical (unpaired) electrons. The molecule has 0 amide bonds. The molecule has 288 valence electrons. The zero-order valence-electron chi connectivity index (χ0n) is 33.7. The average Bonchev–Trinajstić information content (AvgIpc) is 4.03. The van der Waals surface area contributed by atoms with Gasteiger partial charge in [0.2, 0.25) is 0 Å². The molecule has 0 atom stereocenters. The molecule has 0 bridgehead atoms. The normalized spacial score (nSPS) is 13.2. The van der Waals surface area contributed by atoms with Gasteiger partial charge in [0.25, 0.3) is 0 Å². The van der Waals surface area contributed by atoms with Gasteiger partial charge < -0.3 is 18.3 Å². The Bertz CT molecular complexity index is 3750. The molecule has 4 nitrogen and oxygen atoms in total. The fourth-order valence-corrected chi connectivity index (χ4v) is 10.4. The van der Waals surface area contributed by atoms with Crippen LogP contribution in [0.4, 0.5) is 17.1 Å². The van der Waals surface area contributed by atoms with Crippen LogP contribution in [-0.2, 0) is 5.41 Å². The molecule has 13 rings (SSSR count). The summed E-state index contributed by atoms with van der Waals surface area (Å²) in [5.74, 6) is 0. The number of hydrogen-bond donors (Lipinski definition) is 0. The Hall–Kier alpha value is -7.82. The molecule has 1 aliphatic rings. The first kappa shape index (κ1) is 34.1. The smallest absolute Gasteiger partial charge is 0.137 e. The van der Waals surface area contributed by atoms with Crippen molar-refractivity contribution in [3.05, 3.63) is 205 Å². The van der Waals surface area contributed by atoms with E-state index >= 15 is 0 Å². The van der Waals surface area contributed by atoms with Gasteiger partial charge in [-0.3, -0.25) is 0 Å². The zero-order valence-corrected chi connectivity index (χ0v) is 33.7. The summed E-state index contributed by atoms with van der Waals surface area (Å²) in [4.78, 5) is 2.51. The Kier molecular flexibility index (Phi) is 7.04. The average molecular weight is 783 g/mol. The highest BCUT2D eigenvalue weighted by atomic mass is 16.3. The van der Waals surface area contributed by atoms with Crippen molar-refractivity contribution in [2.24, 2.45) is 0 Å². The van der Waals surface area contributed by atoms with E-state index in [4.69, 9.17) is 8.83 Å². The Balaban J connectivity index is 1.17. The molecular formula is C57H38N2O2. The fourth-order valence-electron chi connectivity index (χ4n) is 10.4. The Morgan fingerprint density at radius 1 is 0.443 bits per heavy atom. The lowest BCUT2D eigenvalue weighted by Gasteiger charge is -2.31. The van der Waals surface area contributed by atoms with E-state index < -0.39 is 0 Å². The number of furan rings is 2. The van der Waals surface area contributed by atoms with E-state index in [1.165, 1.54) is 44.1 Å². The number of aromatic nitrogens is 1. The third-order valence-corrected chi connectivity index (χ3v) is 13.2. The van der Waals surface area contributed by atoms with Gasteiger partial charge >= 0.3 is 0 Å². The van der Waals surface area contributed by atoms with Gasteiger partial charge in [0.1, 0.15) is 22.3 Å². The van der Waals surface area contributed by atoms with E-state index in [1.807, 2.05) is 6.07 Å². The third kappa shape index (κ3) is 4.82. The highest BCUT2D eigenvalue weighted by Gasteiger charge is 2.38. The van der Waals surface area contributed by atoms with Crippen molar-refractivity contribution in [2.45, 2.75) is 19.3 Å². The van der Waals surface area contributed by atoms with Crippen LogP contribution in [0.15, 0.2) is 203 Å². The van der Waals surface area contributed by atoms with Crippen molar-refractivity contribution >= 4 is 82.7 Å². The van der Waals surface area contributed by atoms with Gasteiger partial charge in [-0.1, -0.05) is 129 Å². The molecule has 0 spiro atoms. The molecule has 0 fully saturated rings. The maximum absolute atomic E-state index is 6.74. The lowest BCUT2D eigenvalue weighted by Crippen LogP contribution is -2.16. The van der Waals surface area contributed by atoms with Crippen LogP contribution < -0.4 is 4.90 Å². The Labute approximate surface area is 352 Å². The standard InChI is InChI=1S/C57H38N2O2/c1-57(2)45-21-10-6-19-41(45)54-46(57)22-14-24-49(54)59(37-28-31-52-44(34-37)40-18-8-12-25-50(40)60-52)56-38(29-32-53-55(56)42-20-9-13-26-51(42)61-53)35-27-30-48-43(33-35)39-17-7-11-23-47(39)58(48)36-15-4-3-5-16-36/h3-34H,1-2H3. The second-order valence-corrected chi connectivity index (χ2v) is 16.8. The fraction of sp³-hybridized carbons (Fsp3) is 0.0526. The molecule has 9 aromatic carbocycles. The SMILES string of the molecule is CC1(C)c2ccccc2-c2c(N(c3ccc4oc5ccccc5c4c3)c3c(-c4ccc5c(c4)c4ccccc4n5-c4ccccc4)ccc4oc5ccccc5c34)cccc21. The number of fused-ring (bicyclic) bond motifs is 12. The molecule has 0 N–H and O–H groups in total. The van der Waals surface area contributed by atoms with Crippen LogP contribution in [0.1, 0.15) is 25.0 Å². The summed E-state index contributed by atoms with van der Waals surface area (Å²) in [6.07, 6.45) is 0. The van der Waals surface area contributed by atoms with Crippen LogP contribution in [0.25, 0.3) is 93.6 Å². The summed E-state index contributed by atoms with van der Waals surface area (Å²) < 4.78 is 15.5. The van der Waals surface area contributed by atoms with Gasteiger partial charge in [-0.05, 0) is 101 Å². The minimum Gasteiger partial charge on any atom is -0.456 e. The van der Waals surface area contributed by atoms with Crippen LogP contribution in [0.5, 0.6) is 0 Å². The highest BCUT2D eigenvalue weighted by molar-refractivity contribution is 6.19. The van der Waals surface area contributed by atoms with Gasteiger partial charge in [-0.15, -0.1) is 0 Å². The topological polar surface area (TPSA) is 34.5 Å². The summed E-state index contributed by atoms with van der Waals surface area (Å²) in [5, 5.41) is 6.73. The second kappa shape index (κ2) is 12.6. The van der Waals surface area contributed by atoms with E-state index in [-0.39, 0.29) is 5.41 Å². The van der Waals surface area contributed by atoms with Crippen LogP contribution in [0.3, 0.4) is 0 Å². The minimum absolute atomic E-state index is 0.187. The predicted molar refractivity (Wildman–Crippen MR) is 253 cm³/mol. The van der Waals surface area contributed by atoms with Crippen LogP contribution in [-0.4, -0.2) is 4.57 Å². The molecule has 3 heterocycles. The molecule has 0 saturated carbocycles. The number of anilines is 3. The number of nitrogens with zero attached hydrogens (tertiary/aromatic N) is 2. The molecule has 12 aromatic rings. The zero-order chi connectivity index (χ0) is 40.4. The van der Waals surface area contributed by atoms with Gasteiger partial charge in [-0.2, -0.15) is 0 Å². The molecule has 0 aliphatic heterocycles. The monoisotopic (exact) mass is 782 g/mol. The summed E-state index contributed by atoms with van der Waals surface area (Å²) in [5.41, 5.74) is 17.4.